The van der Waals surface area contributed by atoms with E-state index in [1.165, 1.54) is 30.3 Å². The number of rotatable bonds is 0. The van der Waals surface area contributed by atoms with E-state index in [4.69, 9.17) is 0 Å². The van der Waals surface area contributed by atoms with Gasteiger partial charge >= 0.3 is 0 Å². The number of halogens is 2. The van der Waals surface area contributed by atoms with E-state index in [0.717, 1.165) is 0 Å². The predicted octanol–water partition coefficient (Wildman–Crippen LogP) is 3.10. The second-order valence-corrected chi connectivity index (χ2v) is 4.07. The van der Waals surface area contributed by atoms with Crippen LogP contribution in [0.1, 0.15) is 27.0 Å². The standard InChI is InChI=1S/C14H8F2O/c15-9-5-4-8-6-12-10(2-1-3-13(12)16)14(17)11(8)7-9/h1-5,7H,6H2. The van der Waals surface area contributed by atoms with Gasteiger partial charge in [-0.25, -0.2) is 8.78 Å². The fourth-order valence-corrected chi connectivity index (χ4v) is 2.20. The molecule has 0 bridgehead atoms. The minimum absolute atomic E-state index is 0.305. The number of benzene rings is 2. The Morgan fingerprint density at radius 3 is 2.65 bits per heavy atom. The van der Waals surface area contributed by atoms with Crippen LogP contribution in [0.2, 0.25) is 0 Å². The Bertz CT molecular complexity index is 628. The molecular formula is C14H8F2O. The molecule has 0 aliphatic heterocycles. The molecule has 1 aliphatic rings. The lowest BCUT2D eigenvalue weighted by Crippen LogP contribution is -2.16. The van der Waals surface area contributed by atoms with Gasteiger partial charge < -0.3 is 0 Å². The van der Waals surface area contributed by atoms with Crippen LogP contribution in [0.3, 0.4) is 0 Å². The van der Waals surface area contributed by atoms with Gasteiger partial charge in [-0.05, 0) is 23.8 Å². The second kappa shape index (κ2) is 3.48. The van der Waals surface area contributed by atoms with Crippen LogP contribution in [-0.2, 0) is 6.42 Å². The van der Waals surface area contributed by atoms with E-state index in [2.05, 4.69) is 0 Å². The summed E-state index contributed by atoms with van der Waals surface area (Å²) < 4.78 is 26.7. The maximum Gasteiger partial charge on any atom is 0.193 e. The van der Waals surface area contributed by atoms with Crippen LogP contribution in [0.4, 0.5) is 8.78 Å². The molecule has 0 atom stereocenters. The van der Waals surface area contributed by atoms with Crippen molar-refractivity contribution in [2.45, 2.75) is 6.42 Å². The lowest BCUT2D eigenvalue weighted by Gasteiger charge is -2.18. The van der Waals surface area contributed by atoms with Crippen molar-refractivity contribution in [2.75, 3.05) is 0 Å². The predicted molar refractivity (Wildman–Crippen MR) is 59.0 cm³/mol. The largest absolute Gasteiger partial charge is 0.289 e. The molecule has 3 rings (SSSR count). The molecule has 84 valence electrons. The van der Waals surface area contributed by atoms with Gasteiger partial charge in [-0.3, -0.25) is 4.79 Å². The topological polar surface area (TPSA) is 17.1 Å². The number of carbonyl (C=O) groups is 1. The molecule has 2 aromatic rings. The quantitative estimate of drug-likeness (QED) is 0.580. The van der Waals surface area contributed by atoms with Crippen LogP contribution in [0.5, 0.6) is 0 Å². The molecule has 3 heteroatoms. The summed E-state index contributed by atoms with van der Waals surface area (Å²) in [7, 11) is 0. The van der Waals surface area contributed by atoms with E-state index in [1.54, 1.807) is 6.07 Å². The molecule has 0 unspecified atom stereocenters. The van der Waals surface area contributed by atoms with Gasteiger partial charge in [0, 0.05) is 23.1 Å². The highest BCUT2D eigenvalue weighted by Gasteiger charge is 2.25. The van der Waals surface area contributed by atoms with Crippen LogP contribution in [0, 0.1) is 11.6 Å². The highest BCUT2D eigenvalue weighted by atomic mass is 19.1. The van der Waals surface area contributed by atoms with Crippen LogP contribution in [0.25, 0.3) is 0 Å². The third kappa shape index (κ3) is 1.46. The Balaban J connectivity index is 2.25. The lowest BCUT2D eigenvalue weighted by molar-refractivity contribution is 0.103. The van der Waals surface area contributed by atoms with Crippen molar-refractivity contribution in [3.63, 3.8) is 0 Å². The molecule has 17 heavy (non-hydrogen) atoms. The van der Waals surface area contributed by atoms with Gasteiger partial charge in [-0.15, -0.1) is 0 Å². The summed E-state index contributed by atoms with van der Waals surface area (Å²) in [4.78, 5) is 12.1. The zero-order valence-corrected chi connectivity index (χ0v) is 8.84. The van der Waals surface area contributed by atoms with E-state index in [-0.39, 0.29) is 11.6 Å². The second-order valence-electron chi connectivity index (χ2n) is 4.07. The summed E-state index contributed by atoms with van der Waals surface area (Å²) in [6.07, 6.45) is 0.337. The molecule has 1 nitrogen and oxygen atoms in total. The average molecular weight is 230 g/mol. The van der Waals surface area contributed by atoms with Crippen LogP contribution in [0.15, 0.2) is 36.4 Å². The van der Waals surface area contributed by atoms with Crippen molar-refractivity contribution >= 4 is 5.78 Å². The Kier molecular flexibility index (Phi) is 2.08. The zero-order chi connectivity index (χ0) is 12.0. The minimum atomic E-state index is -0.447. The van der Waals surface area contributed by atoms with Gasteiger partial charge in [-0.2, -0.15) is 0 Å². The Hall–Kier alpha value is -2.03. The molecule has 0 saturated carbocycles. The number of carbonyl (C=O) groups excluding carboxylic acids is 1. The first-order valence-corrected chi connectivity index (χ1v) is 5.27. The smallest absolute Gasteiger partial charge is 0.193 e. The molecular weight excluding hydrogens is 222 g/mol. The fourth-order valence-electron chi connectivity index (χ4n) is 2.20. The van der Waals surface area contributed by atoms with Gasteiger partial charge in [0.15, 0.2) is 5.78 Å². The summed E-state index contributed by atoms with van der Waals surface area (Å²) >= 11 is 0. The summed E-state index contributed by atoms with van der Waals surface area (Å²) in [5, 5.41) is 0. The Morgan fingerprint density at radius 2 is 1.82 bits per heavy atom. The fraction of sp³-hybridized carbons (Fsp3) is 0.0714. The zero-order valence-electron chi connectivity index (χ0n) is 8.84. The molecule has 0 saturated heterocycles. The number of hydrogen-bond donors (Lipinski definition) is 0. The van der Waals surface area contributed by atoms with Crippen molar-refractivity contribution in [1.29, 1.82) is 0 Å². The van der Waals surface area contributed by atoms with E-state index < -0.39 is 5.82 Å². The lowest BCUT2D eigenvalue weighted by atomic mass is 9.85. The molecule has 2 aromatic carbocycles. The van der Waals surface area contributed by atoms with E-state index in [1.807, 2.05) is 0 Å². The van der Waals surface area contributed by atoms with Crippen molar-refractivity contribution in [2.24, 2.45) is 0 Å². The molecule has 0 spiro atoms. The highest BCUT2D eigenvalue weighted by molar-refractivity contribution is 6.12. The van der Waals surface area contributed by atoms with Gasteiger partial charge in [0.1, 0.15) is 11.6 Å². The number of hydrogen-bond acceptors (Lipinski definition) is 1. The SMILES string of the molecule is O=C1c2cc(F)ccc2Cc2c(F)cccc21. The first-order valence-electron chi connectivity index (χ1n) is 5.27. The normalized spacial score (nSPS) is 13.2. The monoisotopic (exact) mass is 230 g/mol. The summed E-state index contributed by atoms with van der Waals surface area (Å²) in [5.74, 6) is -1.14. The molecule has 0 radical (unpaired) electrons. The van der Waals surface area contributed by atoms with E-state index in [9.17, 15) is 13.6 Å². The van der Waals surface area contributed by atoms with Crippen molar-refractivity contribution in [3.05, 3.63) is 70.3 Å². The Morgan fingerprint density at radius 1 is 1.00 bits per heavy atom. The first kappa shape index (κ1) is 10.1. The third-order valence-electron chi connectivity index (χ3n) is 3.05. The summed E-state index contributed by atoms with van der Waals surface area (Å²) in [6, 6.07) is 8.45. The molecule has 0 N–H and O–H groups in total. The van der Waals surface area contributed by atoms with Crippen LogP contribution < -0.4 is 0 Å². The van der Waals surface area contributed by atoms with E-state index in [0.29, 0.717) is 28.7 Å². The van der Waals surface area contributed by atoms with Crippen LogP contribution >= 0.6 is 0 Å². The molecule has 1 aliphatic carbocycles. The van der Waals surface area contributed by atoms with Crippen LogP contribution in [-0.4, -0.2) is 5.78 Å². The van der Waals surface area contributed by atoms with Crippen molar-refractivity contribution in [1.82, 2.24) is 0 Å². The molecule has 0 amide bonds. The molecule has 0 heterocycles. The average Bonchev–Trinajstić information content (AvgIpc) is 2.32. The van der Waals surface area contributed by atoms with Gasteiger partial charge in [0.05, 0.1) is 0 Å². The number of fused-ring (bicyclic) bond motifs is 2. The van der Waals surface area contributed by atoms with E-state index >= 15 is 0 Å². The van der Waals surface area contributed by atoms with Crippen molar-refractivity contribution < 1.29 is 13.6 Å². The maximum atomic E-state index is 13.6. The third-order valence-corrected chi connectivity index (χ3v) is 3.05. The minimum Gasteiger partial charge on any atom is -0.289 e. The summed E-state index contributed by atoms with van der Waals surface area (Å²) in [6.45, 7) is 0. The van der Waals surface area contributed by atoms with Gasteiger partial charge in [0.25, 0.3) is 0 Å². The Labute approximate surface area is 96.7 Å². The van der Waals surface area contributed by atoms with Gasteiger partial charge in [0.2, 0.25) is 0 Å². The summed E-state index contributed by atoms with van der Waals surface area (Å²) in [5.41, 5.74) is 1.75. The van der Waals surface area contributed by atoms with Gasteiger partial charge in [-0.1, -0.05) is 18.2 Å². The number of ketones is 1. The van der Waals surface area contributed by atoms with Crippen molar-refractivity contribution in [3.8, 4) is 0 Å². The molecule has 0 aromatic heterocycles. The maximum absolute atomic E-state index is 13.6. The first-order chi connectivity index (χ1) is 8.16. The molecule has 0 fully saturated rings. The highest BCUT2D eigenvalue weighted by Crippen LogP contribution is 2.29.